The molecule has 1 aromatic carbocycles. The molecule has 156 valence electrons. The van der Waals surface area contributed by atoms with E-state index in [2.05, 4.69) is 25.9 Å². The maximum absolute atomic E-state index is 13.2. The van der Waals surface area contributed by atoms with Crippen molar-refractivity contribution in [1.82, 2.24) is 15.3 Å². The molecule has 3 N–H and O–H groups in total. The Hall–Kier alpha value is -2.97. The lowest BCUT2D eigenvalue weighted by molar-refractivity contribution is 0.246. The van der Waals surface area contributed by atoms with Crippen molar-refractivity contribution < 1.29 is 13.6 Å². The van der Waals surface area contributed by atoms with E-state index in [-0.39, 0.29) is 5.69 Å². The predicted octanol–water partition coefficient (Wildman–Crippen LogP) is 3.61. The third-order valence-corrected chi connectivity index (χ3v) is 4.95. The number of anilines is 3. The molecular formula is C20H26F2N6O. The first kappa shape index (κ1) is 20.8. The minimum absolute atomic E-state index is 0.0906. The van der Waals surface area contributed by atoms with Gasteiger partial charge in [-0.05, 0) is 49.8 Å². The fraction of sp³-hybridized carbons (Fsp3) is 0.450. The fourth-order valence-corrected chi connectivity index (χ4v) is 3.40. The average Bonchev–Trinajstić information content (AvgIpc) is 2.67. The van der Waals surface area contributed by atoms with E-state index in [9.17, 15) is 13.6 Å². The van der Waals surface area contributed by atoms with E-state index in [1.807, 2.05) is 25.1 Å². The summed E-state index contributed by atoms with van der Waals surface area (Å²) in [6.45, 7) is 0.517. The molecule has 1 aliphatic rings. The highest BCUT2D eigenvalue weighted by Crippen LogP contribution is 2.26. The molecule has 3 rings (SSSR count). The molecule has 0 spiro atoms. The summed E-state index contributed by atoms with van der Waals surface area (Å²) in [4.78, 5) is 22.7. The van der Waals surface area contributed by atoms with Gasteiger partial charge in [0.15, 0.2) is 0 Å². The van der Waals surface area contributed by atoms with Crippen LogP contribution in [0.5, 0.6) is 0 Å². The van der Waals surface area contributed by atoms with Crippen molar-refractivity contribution >= 4 is 23.5 Å². The van der Waals surface area contributed by atoms with Crippen LogP contribution >= 0.6 is 0 Å². The van der Waals surface area contributed by atoms with Gasteiger partial charge in [-0.1, -0.05) is 0 Å². The molecule has 2 amide bonds. The normalized spacial score (nSPS) is 18.8. The van der Waals surface area contributed by atoms with Crippen LogP contribution in [0.15, 0.2) is 30.5 Å². The fourth-order valence-electron chi connectivity index (χ4n) is 3.40. The summed E-state index contributed by atoms with van der Waals surface area (Å²) >= 11 is 0. The molecule has 9 heteroatoms. The van der Waals surface area contributed by atoms with E-state index in [4.69, 9.17) is 0 Å². The minimum atomic E-state index is -0.730. The number of nitrogens with zero attached hydrogens (tertiary/aromatic N) is 3. The first-order chi connectivity index (χ1) is 13.9. The van der Waals surface area contributed by atoms with Crippen LogP contribution in [0.3, 0.4) is 0 Å². The molecule has 1 aliphatic carbocycles. The quantitative estimate of drug-likeness (QED) is 0.685. The topological polar surface area (TPSA) is 82.2 Å². The Morgan fingerprint density at radius 1 is 1.14 bits per heavy atom. The summed E-state index contributed by atoms with van der Waals surface area (Å²) in [6.07, 6.45) is 5.57. The van der Waals surface area contributed by atoms with Gasteiger partial charge in [-0.25, -0.2) is 18.6 Å². The number of rotatable bonds is 6. The number of benzene rings is 1. The highest BCUT2D eigenvalue weighted by molar-refractivity contribution is 5.89. The summed E-state index contributed by atoms with van der Waals surface area (Å²) in [6, 6.07) is 4.60. The molecule has 0 bridgehead atoms. The summed E-state index contributed by atoms with van der Waals surface area (Å²) < 4.78 is 26.4. The van der Waals surface area contributed by atoms with Crippen molar-refractivity contribution in [3.8, 4) is 0 Å². The van der Waals surface area contributed by atoms with Gasteiger partial charge in [0.25, 0.3) is 0 Å². The Morgan fingerprint density at radius 2 is 1.83 bits per heavy atom. The number of halogens is 2. The zero-order valence-electron chi connectivity index (χ0n) is 16.6. The highest BCUT2D eigenvalue weighted by Gasteiger charge is 2.22. The van der Waals surface area contributed by atoms with Crippen LogP contribution in [0.4, 0.5) is 31.0 Å². The van der Waals surface area contributed by atoms with E-state index >= 15 is 0 Å². The second-order valence-corrected chi connectivity index (χ2v) is 7.49. The molecule has 0 atom stereocenters. The second kappa shape index (κ2) is 9.49. The van der Waals surface area contributed by atoms with Crippen molar-refractivity contribution in [2.45, 2.75) is 31.7 Å². The van der Waals surface area contributed by atoms with Crippen LogP contribution < -0.4 is 20.9 Å². The zero-order chi connectivity index (χ0) is 20.8. The van der Waals surface area contributed by atoms with Crippen LogP contribution in [0.2, 0.25) is 0 Å². The molecule has 0 radical (unpaired) electrons. The van der Waals surface area contributed by atoms with Crippen molar-refractivity contribution in [3.05, 3.63) is 42.1 Å². The smallest absolute Gasteiger partial charge is 0.319 e. The van der Waals surface area contributed by atoms with Gasteiger partial charge in [0.2, 0.25) is 5.95 Å². The number of carbonyl (C=O) groups is 1. The molecule has 1 fully saturated rings. The summed E-state index contributed by atoms with van der Waals surface area (Å²) in [5.41, 5.74) is 0.0906. The van der Waals surface area contributed by atoms with Crippen molar-refractivity contribution in [3.63, 3.8) is 0 Å². The molecule has 7 nitrogen and oxygen atoms in total. The Balaban J connectivity index is 1.40. The van der Waals surface area contributed by atoms with Crippen LogP contribution in [-0.2, 0) is 0 Å². The lowest BCUT2D eigenvalue weighted by Crippen LogP contribution is -2.36. The largest absolute Gasteiger partial charge is 0.363 e. The number of urea groups is 1. The van der Waals surface area contributed by atoms with Gasteiger partial charge in [-0.2, -0.15) is 4.98 Å². The Morgan fingerprint density at radius 3 is 2.48 bits per heavy atom. The highest BCUT2D eigenvalue weighted by atomic mass is 19.1. The van der Waals surface area contributed by atoms with Gasteiger partial charge in [0.1, 0.15) is 17.5 Å². The van der Waals surface area contributed by atoms with E-state index in [1.54, 1.807) is 6.20 Å². The Bertz CT molecular complexity index is 819. The van der Waals surface area contributed by atoms with E-state index in [0.29, 0.717) is 24.5 Å². The Labute approximate surface area is 168 Å². The predicted molar refractivity (Wildman–Crippen MR) is 109 cm³/mol. The molecule has 29 heavy (non-hydrogen) atoms. The molecule has 0 unspecified atom stereocenters. The number of nitrogens with one attached hydrogen (secondary N) is 3. The molecule has 0 aliphatic heterocycles. The van der Waals surface area contributed by atoms with Gasteiger partial charge in [0, 0.05) is 44.6 Å². The maximum Gasteiger partial charge on any atom is 0.319 e. The van der Waals surface area contributed by atoms with Crippen molar-refractivity contribution in [2.24, 2.45) is 5.92 Å². The molecule has 2 aromatic rings. The second-order valence-electron chi connectivity index (χ2n) is 7.49. The Kier molecular flexibility index (Phi) is 6.79. The third kappa shape index (κ3) is 6.27. The first-order valence-corrected chi connectivity index (χ1v) is 9.67. The summed E-state index contributed by atoms with van der Waals surface area (Å²) in [7, 11) is 3.87. The number of hydrogen-bond donors (Lipinski definition) is 3. The lowest BCUT2D eigenvalue weighted by Gasteiger charge is -2.29. The van der Waals surface area contributed by atoms with Crippen molar-refractivity contribution in [2.75, 3.05) is 36.2 Å². The van der Waals surface area contributed by atoms with Gasteiger partial charge < -0.3 is 20.9 Å². The average molecular weight is 404 g/mol. The molecule has 0 saturated heterocycles. The summed E-state index contributed by atoms with van der Waals surface area (Å²) in [5, 5.41) is 8.62. The van der Waals surface area contributed by atoms with E-state index in [0.717, 1.165) is 49.7 Å². The number of carbonyl (C=O) groups excluding carboxylic acids is 1. The first-order valence-electron chi connectivity index (χ1n) is 9.67. The van der Waals surface area contributed by atoms with Gasteiger partial charge in [0.05, 0.1) is 0 Å². The zero-order valence-corrected chi connectivity index (χ0v) is 16.6. The van der Waals surface area contributed by atoms with Crippen LogP contribution in [0.1, 0.15) is 25.7 Å². The number of amides is 2. The van der Waals surface area contributed by atoms with E-state index in [1.165, 1.54) is 0 Å². The lowest BCUT2D eigenvalue weighted by atomic mass is 9.86. The third-order valence-electron chi connectivity index (χ3n) is 4.95. The molecular weight excluding hydrogens is 378 g/mol. The van der Waals surface area contributed by atoms with Crippen LogP contribution in [-0.4, -0.2) is 42.7 Å². The van der Waals surface area contributed by atoms with Crippen LogP contribution in [0, 0.1) is 17.6 Å². The standard InChI is InChI=1S/C20H26F2N6O/c1-28(2)18-7-8-23-19(27-18)25-16-5-3-13(4-6-16)12-24-20(29)26-17-10-14(21)9-15(22)11-17/h7-11,13,16H,3-6,12H2,1-2H3,(H,23,25,27)(H2,24,26,29). The number of aromatic nitrogens is 2. The minimum Gasteiger partial charge on any atom is -0.363 e. The van der Waals surface area contributed by atoms with Gasteiger partial charge in [-0.3, -0.25) is 0 Å². The number of hydrogen-bond acceptors (Lipinski definition) is 5. The molecule has 1 aromatic heterocycles. The monoisotopic (exact) mass is 404 g/mol. The van der Waals surface area contributed by atoms with Crippen molar-refractivity contribution in [1.29, 1.82) is 0 Å². The van der Waals surface area contributed by atoms with E-state index < -0.39 is 17.7 Å². The maximum atomic E-state index is 13.2. The van der Waals surface area contributed by atoms with Crippen LogP contribution in [0.25, 0.3) is 0 Å². The summed E-state index contributed by atoms with van der Waals surface area (Å²) in [5.74, 6) is 0.374. The SMILES string of the molecule is CN(C)c1ccnc(NC2CCC(CNC(=O)Nc3cc(F)cc(F)c3)CC2)n1. The van der Waals surface area contributed by atoms with Gasteiger partial charge >= 0.3 is 6.03 Å². The molecule has 1 heterocycles. The van der Waals surface area contributed by atoms with Gasteiger partial charge in [-0.15, -0.1) is 0 Å². The molecule has 1 saturated carbocycles.